The molecule has 3 heterocycles. The molecular formula is C22H20FN5O3S. The predicted molar refractivity (Wildman–Crippen MR) is 119 cm³/mol. The summed E-state index contributed by atoms with van der Waals surface area (Å²) < 4.78 is 24.7. The number of nitrogens with one attached hydrogen (secondary N) is 1. The van der Waals surface area contributed by atoms with E-state index < -0.39 is 0 Å². The number of nitrogens with zero attached hydrogens (tertiary/aromatic N) is 4. The van der Waals surface area contributed by atoms with Crippen LogP contribution in [0.2, 0.25) is 0 Å². The van der Waals surface area contributed by atoms with Gasteiger partial charge in [-0.3, -0.25) is 4.79 Å². The lowest BCUT2D eigenvalue weighted by Crippen LogP contribution is -2.36. The van der Waals surface area contributed by atoms with Crippen molar-refractivity contribution in [1.82, 2.24) is 15.1 Å². The van der Waals surface area contributed by atoms with Gasteiger partial charge in [-0.15, -0.1) is 0 Å². The second-order valence-corrected chi connectivity index (χ2v) is 8.35. The van der Waals surface area contributed by atoms with Crippen LogP contribution in [0.5, 0.6) is 0 Å². The van der Waals surface area contributed by atoms with Gasteiger partial charge in [-0.2, -0.15) is 4.98 Å². The SMILES string of the molecule is O=C(CCc1nc(-c2ccc(F)cc2)no1)Nc1ccc2nc(N3CCOCC3)sc2c1. The molecule has 4 aromatic rings. The smallest absolute Gasteiger partial charge is 0.227 e. The number of aryl methyl sites for hydroxylation is 1. The Morgan fingerprint density at radius 1 is 1.12 bits per heavy atom. The Labute approximate surface area is 187 Å². The van der Waals surface area contributed by atoms with Gasteiger partial charge in [0.25, 0.3) is 0 Å². The number of thiazole rings is 1. The fourth-order valence-corrected chi connectivity index (χ4v) is 4.45. The third-order valence-electron chi connectivity index (χ3n) is 5.08. The van der Waals surface area contributed by atoms with E-state index in [9.17, 15) is 9.18 Å². The molecule has 0 saturated carbocycles. The lowest BCUT2D eigenvalue weighted by Gasteiger charge is -2.25. The second-order valence-electron chi connectivity index (χ2n) is 7.35. The Balaban J connectivity index is 1.19. The molecule has 1 N–H and O–H groups in total. The summed E-state index contributed by atoms with van der Waals surface area (Å²) in [7, 11) is 0. The van der Waals surface area contributed by atoms with Crippen molar-refractivity contribution in [2.24, 2.45) is 0 Å². The fourth-order valence-electron chi connectivity index (χ4n) is 3.40. The molecule has 0 aliphatic carbocycles. The highest BCUT2D eigenvalue weighted by atomic mass is 32.1. The molecule has 1 aliphatic heterocycles. The van der Waals surface area contributed by atoms with E-state index in [0.29, 0.717) is 36.9 Å². The minimum Gasteiger partial charge on any atom is -0.378 e. The first-order valence-electron chi connectivity index (χ1n) is 10.3. The highest BCUT2D eigenvalue weighted by Crippen LogP contribution is 2.31. The molecule has 5 rings (SSSR count). The van der Waals surface area contributed by atoms with E-state index in [4.69, 9.17) is 14.2 Å². The number of morpholine rings is 1. The zero-order valence-corrected chi connectivity index (χ0v) is 17.9. The Bertz CT molecular complexity index is 1230. The minimum atomic E-state index is -0.331. The van der Waals surface area contributed by atoms with Crippen molar-refractivity contribution in [3.63, 3.8) is 0 Å². The van der Waals surface area contributed by atoms with Crippen LogP contribution in [-0.4, -0.2) is 47.3 Å². The number of anilines is 2. The standard InChI is InChI=1S/C22H20FN5O3S/c23-15-3-1-14(2-4-15)21-26-20(31-27-21)8-7-19(29)24-16-5-6-17-18(13-16)32-22(25-17)28-9-11-30-12-10-28/h1-6,13H,7-12H2,(H,24,29). The lowest BCUT2D eigenvalue weighted by molar-refractivity contribution is -0.116. The average Bonchev–Trinajstić information content (AvgIpc) is 3.46. The number of benzene rings is 2. The summed E-state index contributed by atoms with van der Waals surface area (Å²) >= 11 is 1.61. The molecule has 0 atom stereocenters. The topological polar surface area (TPSA) is 93.4 Å². The quantitative estimate of drug-likeness (QED) is 0.473. The Morgan fingerprint density at radius 3 is 2.75 bits per heavy atom. The van der Waals surface area contributed by atoms with E-state index in [2.05, 4.69) is 20.4 Å². The largest absolute Gasteiger partial charge is 0.378 e. The molecule has 1 saturated heterocycles. The van der Waals surface area contributed by atoms with Gasteiger partial charge >= 0.3 is 0 Å². The van der Waals surface area contributed by atoms with Crippen molar-refractivity contribution in [3.05, 3.63) is 54.2 Å². The average molecular weight is 453 g/mol. The maximum atomic E-state index is 13.1. The van der Waals surface area contributed by atoms with Crippen molar-refractivity contribution in [2.45, 2.75) is 12.8 Å². The van der Waals surface area contributed by atoms with Gasteiger partial charge in [0.05, 0.1) is 23.4 Å². The molecule has 2 aromatic carbocycles. The van der Waals surface area contributed by atoms with E-state index in [1.54, 1.807) is 23.5 Å². The van der Waals surface area contributed by atoms with E-state index in [-0.39, 0.29) is 18.1 Å². The molecular weight excluding hydrogens is 433 g/mol. The van der Waals surface area contributed by atoms with Crippen LogP contribution in [0, 0.1) is 5.82 Å². The van der Waals surface area contributed by atoms with Gasteiger partial charge in [-0.25, -0.2) is 9.37 Å². The normalized spacial score (nSPS) is 14.1. The summed E-state index contributed by atoms with van der Waals surface area (Å²) in [4.78, 5) is 23.6. The minimum absolute atomic E-state index is 0.149. The number of fused-ring (bicyclic) bond motifs is 1. The Morgan fingerprint density at radius 2 is 1.94 bits per heavy atom. The summed E-state index contributed by atoms with van der Waals surface area (Å²) in [6, 6.07) is 11.5. The van der Waals surface area contributed by atoms with Crippen LogP contribution in [-0.2, 0) is 16.0 Å². The van der Waals surface area contributed by atoms with Crippen LogP contribution < -0.4 is 10.2 Å². The molecule has 1 fully saturated rings. The first-order chi connectivity index (χ1) is 15.6. The number of hydrogen-bond acceptors (Lipinski definition) is 8. The number of carbonyl (C=O) groups is 1. The van der Waals surface area contributed by atoms with Crippen LogP contribution in [0.15, 0.2) is 47.0 Å². The van der Waals surface area contributed by atoms with Crippen LogP contribution in [0.4, 0.5) is 15.2 Å². The first-order valence-corrected chi connectivity index (χ1v) is 11.1. The summed E-state index contributed by atoms with van der Waals surface area (Å²) in [6.07, 6.45) is 0.509. The molecule has 0 radical (unpaired) electrons. The molecule has 164 valence electrons. The number of rotatable bonds is 6. The Hall–Kier alpha value is -3.37. The molecule has 10 heteroatoms. The fraction of sp³-hybridized carbons (Fsp3) is 0.273. The van der Waals surface area contributed by atoms with Crippen molar-refractivity contribution < 1.29 is 18.4 Å². The van der Waals surface area contributed by atoms with Crippen LogP contribution in [0.3, 0.4) is 0 Å². The molecule has 1 aliphatic rings. The van der Waals surface area contributed by atoms with Gasteiger partial charge in [0.1, 0.15) is 5.82 Å². The highest BCUT2D eigenvalue weighted by Gasteiger charge is 2.16. The lowest BCUT2D eigenvalue weighted by atomic mass is 10.2. The van der Waals surface area contributed by atoms with E-state index in [1.165, 1.54) is 12.1 Å². The van der Waals surface area contributed by atoms with Crippen molar-refractivity contribution in [1.29, 1.82) is 0 Å². The van der Waals surface area contributed by atoms with Crippen molar-refractivity contribution in [2.75, 3.05) is 36.5 Å². The van der Waals surface area contributed by atoms with Gasteiger partial charge < -0.3 is 19.5 Å². The number of carbonyl (C=O) groups excluding carboxylic acids is 1. The van der Waals surface area contributed by atoms with Crippen LogP contribution >= 0.6 is 11.3 Å². The van der Waals surface area contributed by atoms with E-state index in [1.807, 2.05) is 18.2 Å². The molecule has 0 spiro atoms. The van der Waals surface area contributed by atoms with Crippen molar-refractivity contribution in [3.8, 4) is 11.4 Å². The summed E-state index contributed by atoms with van der Waals surface area (Å²) in [6.45, 7) is 3.09. The van der Waals surface area contributed by atoms with E-state index >= 15 is 0 Å². The summed E-state index contributed by atoms with van der Waals surface area (Å²) in [5, 5.41) is 7.78. The molecule has 32 heavy (non-hydrogen) atoms. The monoisotopic (exact) mass is 453 g/mol. The molecule has 0 unspecified atom stereocenters. The second kappa shape index (κ2) is 9.01. The summed E-state index contributed by atoms with van der Waals surface area (Å²) in [5.41, 5.74) is 2.28. The van der Waals surface area contributed by atoms with Gasteiger partial charge in [-0.1, -0.05) is 16.5 Å². The third kappa shape index (κ3) is 4.61. The van der Waals surface area contributed by atoms with Crippen molar-refractivity contribution >= 4 is 38.3 Å². The summed E-state index contributed by atoms with van der Waals surface area (Å²) in [5.74, 6) is 0.242. The number of ether oxygens (including phenoxy) is 1. The number of aromatic nitrogens is 3. The molecule has 2 aromatic heterocycles. The van der Waals surface area contributed by atoms with E-state index in [0.717, 1.165) is 34.1 Å². The maximum absolute atomic E-state index is 13.1. The maximum Gasteiger partial charge on any atom is 0.227 e. The molecule has 1 amide bonds. The van der Waals surface area contributed by atoms with Gasteiger partial charge in [0.15, 0.2) is 5.13 Å². The zero-order chi connectivity index (χ0) is 21.9. The van der Waals surface area contributed by atoms with Crippen LogP contribution in [0.25, 0.3) is 21.6 Å². The number of amides is 1. The van der Waals surface area contributed by atoms with Crippen LogP contribution in [0.1, 0.15) is 12.3 Å². The zero-order valence-electron chi connectivity index (χ0n) is 17.1. The molecule has 8 nitrogen and oxygen atoms in total. The number of halogens is 1. The predicted octanol–water partition coefficient (Wildman–Crippen LogP) is 3.89. The van der Waals surface area contributed by atoms with Gasteiger partial charge in [-0.05, 0) is 42.5 Å². The highest BCUT2D eigenvalue weighted by molar-refractivity contribution is 7.22. The molecule has 0 bridgehead atoms. The first kappa shape index (κ1) is 20.5. The third-order valence-corrected chi connectivity index (χ3v) is 6.16. The number of hydrogen-bond donors (Lipinski definition) is 1. The van der Waals surface area contributed by atoms with Gasteiger partial charge in [0, 0.05) is 37.2 Å². The van der Waals surface area contributed by atoms with Gasteiger partial charge in [0.2, 0.25) is 17.6 Å². The Kier molecular flexibility index (Phi) is 5.78.